The Morgan fingerprint density at radius 1 is 0.481 bits per heavy atom. The Labute approximate surface area is 168 Å². The molecule has 0 fully saturated rings. The lowest BCUT2D eigenvalue weighted by Gasteiger charge is -2.36. The fraction of sp³-hybridized carbons (Fsp3) is 0.556. The summed E-state index contributed by atoms with van der Waals surface area (Å²) in [4.78, 5) is 0. The molecule has 0 spiro atoms. The van der Waals surface area contributed by atoms with Crippen LogP contribution >= 0.6 is 0 Å². The maximum absolute atomic E-state index is 2.37. The first-order valence-corrected chi connectivity index (χ1v) is 11.4. The van der Waals surface area contributed by atoms with Crippen molar-refractivity contribution < 1.29 is 0 Å². The molecule has 0 aliphatic heterocycles. The number of unbranched alkanes of at least 4 members (excludes halogenated alkanes) is 8. The average molecular weight is 365 g/mol. The minimum atomic E-state index is 0.181. The second-order valence-electron chi connectivity index (χ2n) is 8.14. The molecule has 2 rings (SSSR count). The minimum absolute atomic E-state index is 0.181. The van der Waals surface area contributed by atoms with Gasteiger partial charge in [-0.15, -0.1) is 0 Å². The Kier molecular flexibility index (Phi) is 10.3. The fourth-order valence-corrected chi connectivity index (χ4v) is 4.44. The van der Waals surface area contributed by atoms with Crippen LogP contribution in [0.15, 0.2) is 60.7 Å². The Morgan fingerprint density at radius 3 is 1.22 bits per heavy atom. The predicted molar refractivity (Wildman–Crippen MR) is 120 cm³/mol. The third kappa shape index (κ3) is 6.83. The lowest BCUT2D eigenvalue weighted by atomic mass is 9.68. The van der Waals surface area contributed by atoms with Crippen LogP contribution in [-0.4, -0.2) is 0 Å². The lowest BCUT2D eigenvalue weighted by molar-refractivity contribution is 0.391. The van der Waals surface area contributed by atoms with Gasteiger partial charge in [0, 0.05) is 5.41 Å². The second-order valence-corrected chi connectivity index (χ2v) is 8.14. The van der Waals surface area contributed by atoms with Gasteiger partial charge in [0.15, 0.2) is 0 Å². The predicted octanol–water partition coefficient (Wildman–Crippen LogP) is 8.69. The molecule has 2 aromatic carbocycles. The molecular formula is C27H40. The van der Waals surface area contributed by atoms with Gasteiger partial charge in [-0.25, -0.2) is 0 Å². The van der Waals surface area contributed by atoms with E-state index in [1.807, 2.05) is 0 Å². The van der Waals surface area contributed by atoms with Gasteiger partial charge in [0.2, 0.25) is 0 Å². The summed E-state index contributed by atoms with van der Waals surface area (Å²) in [6.07, 6.45) is 16.1. The van der Waals surface area contributed by atoms with Crippen LogP contribution in [0.2, 0.25) is 0 Å². The van der Waals surface area contributed by atoms with E-state index in [0.717, 1.165) is 0 Å². The van der Waals surface area contributed by atoms with Crippen LogP contribution in [0, 0.1) is 0 Å². The van der Waals surface area contributed by atoms with Crippen molar-refractivity contribution in [2.24, 2.45) is 0 Å². The summed E-state index contributed by atoms with van der Waals surface area (Å²) in [7, 11) is 0. The zero-order valence-corrected chi connectivity index (χ0v) is 17.8. The zero-order valence-electron chi connectivity index (χ0n) is 17.8. The molecule has 0 radical (unpaired) electrons. The highest BCUT2D eigenvalue weighted by Gasteiger charge is 2.32. The van der Waals surface area contributed by atoms with Crippen molar-refractivity contribution in [3.63, 3.8) is 0 Å². The molecule has 27 heavy (non-hydrogen) atoms. The zero-order chi connectivity index (χ0) is 19.2. The third-order valence-electron chi connectivity index (χ3n) is 6.07. The van der Waals surface area contributed by atoms with E-state index in [4.69, 9.17) is 0 Å². The average Bonchev–Trinajstić information content (AvgIpc) is 2.73. The third-order valence-corrected chi connectivity index (χ3v) is 6.07. The van der Waals surface area contributed by atoms with Gasteiger partial charge in [-0.05, 0) is 24.0 Å². The largest absolute Gasteiger partial charge is 0.0654 e. The maximum Gasteiger partial charge on any atom is 0.0202 e. The van der Waals surface area contributed by atoms with E-state index >= 15 is 0 Å². The van der Waals surface area contributed by atoms with E-state index in [-0.39, 0.29) is 5.41 Å². The highest BCUT2D eigenvalue weighted by atomic mass is 14.4. The highest BCUT2D eigenvalue weighted by molar-refractivity contribution is 5.39. The van der Waals surface area contributed by atoms with Gasteiger partial charge < -0.3 is 0 Å². The summed E-state index contributed by atoms with van der Waals surface area (Å²) in [5.74, 6) is 0. The lowest BCUT2D eigenvalue weighted by Crippen LogP contribution is -2.28. The van der Waals surface area contributed by atoms with Gasteiger partial charge in [0.25, 0.3) is 0 Å². The first-order chi connectivity index (χ1) is 13.3. The van der Waals surface area contributed by atoms with E-state index in [2.05, 4.69) is 74.5 Å². The molecule has 0 saturated carbocycles. The van der Waals surface area contributed by atoms with Crippen LogP contribution in [0.3, 0.4) is 0 Å². The van der Waals surface area contributed by atoms with Gasteiger partial charge in [-0.2, -0.15) is 0 Å². The molecule has 0 unspecified atom stereocenters. The highest BCUT2D eigenvalue weighted by Crippen LogP contribution is 2.42. The maximum atomic E-state index is 2.37. The molecule has 0 heteroatoms. The van der Waals surface area contributed by atoms with Crippen LogP contribution in [-0.2, 0) is 5.41 Å². The summed E-state index contributed by atoms with van der Waals surface area (Å²) in [5, 5.41) is 0. The number of rotatable bonds is 14. The van der Waals surface area contributed by atoms with Crippen molar-refractivity contribution in [3.05, 3.63) is 71.8 Å². The summed E-state index contributed by atoms with van der Waals surface area (Å²) >= 11 is 0. The normalized spacial score (nSPS) is 11.6. The summed E-state index contributed by atoms with van der Waals surface area (Å²) in [6.45, 7) is 4.60. The molecule has 0 heterocycles. The van der Waals surface area contributed by atoms with E-state index in [1.165, 1.54) is 88.2 Å². The molecule has 0 N–H and O–H groups in total. The molecular weight excluding hydrogens is 324 g/mol. The molecule has 0 bridgehead atoms. The molecule has 0 aliphatic carbocycles. The minimum Gasteiger partial charge on any atom is -0.0654 e. The second kappa shape index (κ2) is 12.8. The van der Waals surface area contributed by atoms with Crippen molar-refractivity contribution in [2.75, 3.05) is 0 Å². The summed E-state index contributed by atoms with van der Waals surface area (Å²) < 4.78 is 0. The Morgan fingerprint density at radius 2 is 0.852 bits per heavy atom. The van der Waals surface area contributed by atoms with Gasteiger partial charge in [0.1, 0.15) is 0 Å². The smallest absolute Gasteiger partial charge is 0.0202 e. The number of hydrogen-bond acceptors (Lipinski definition) is 0. The van der Waals surface area contributed by atoms with E-state index in [9.17, 15) is 0 Å². The van der Waals surface area contributed by atoms with E-state index in [0.29, 0.717) is 0 Å². The van der Waals surface area contributed by atoms with Crippen LogP contribution in [0.4, 0.5) is 0 Å². The van der Waals surface area contributed by atoms with Gasteiger partial charge >= 0.3 is 0 Å². The molecule has 0 nitrogen and oxygen atoms in total. The number of benzene rings is 2. The van der Waals surface area contributed by atoms with Crippen LogP contribution in [0.1, 0.15) is 102 Å². The monoisotopic (exact) mass is 364 g/mol. The Bertz CT molecular complexity index is 528. The van der Waals surface area contributed by atoms with E-state index in [1.54, 1.807) is 0 Å². The molecule has 0 aliphatic rings. The Hall–Kier alpha value is -1.56. The van der Waals surface area contributed by atoms with Crippen molar-refractivity contribution in [1.29, 1.82) is 0 Å². The van der Waals surface area contributed by atoms with Gasteiger partial charge in [0.05, 0.1) is 0 Å². The van der Waals surface area contributed by atoms with Crippen molar-refractivity contribution in [1.82, 2.24) is 0 Å². The van der Waals surface area contributed by atoms with Gasteiger partial charge in [-0.1, -0.05) is 139 Å². The first kappa shape index (κ1) is 21.7. The Balaban J connectivity index is 2.21. The SMILES string of the molecule is CCCCCCCC(CCCCCCC)(c1ccccc1)c1ccccc1. The topological polar surface area (TPSA) is 0 Å². The van der Waals surface area contributed by atoms with Crippen molar-refractivity contribution in [3.8, 4) is 0 Å². The molecule has 2 aromatic rings. The van der Waals surface area contributed by atoms with Gasteiger partial charge in [-0.3, -0.25) is 0 Å². The molecule has 0 atom stereocenters. The van der Waals surface area contributed by atoms with Crippen molar-refractivity contribution in [2.45, 2.75) is 96.3 Å². The fourth-order valence-electron chi connectivity index (χ4n) is 4.44. The van der Waals surface area contributed by atoms with Crippen LogP contribution < -0.4 is 0 Å². The first-order valence-electron chi connectivity index (χ1n) is 11.4. The molecule has 0 amide bonds. The summed E-state index contributed by atoms with van der Waals surface area (Å²) in [5.41, 5.74) is 3.21. The summed E-state index contributed by atoms with van der Waals surface area (Å²) in [6, 6.07) is 22.7. The molecule has 0 saturated heterocycles. The van der Waals surface area contributed by atoms with Crippen molar-refractivity contribution >= 4 is 0 Å². The van der Waals surface area contributed by atoms with Crippen LogP contribution in [0.5, 0.6) is 0 Å². The van der Waals surface area contributed by atoms with E-state index < -0.39 is 0 Å². The van der Waals surface area contributed by atoms with Crippen LogP contribution in [0.25, 0.3) is 0 Å². The molecule has 0 aromatic heterocycles. The number of hydrogen-bond donors (Lipinski definition) is 0. The standard InChI is InChI=1S/C27H40/c1-3-5-7-9-17-23-27(24-18-10-8-6-4-2,25-19-13-11-14-20-25)26-21-15-12-16-22-26/h11-16,19-22H,3-10,17-18,23-24H2,1-2H3. The molecule has 148 valence electrons. The quantitative estimate of drug-likeness (QED) is 0.294.